The maximum absolute atomic E-state index is 12.3. The van der Waals surface area contributed by atoms with E-state index in [0.29, 0.717) is 50.2 Å². The summed E-state index contributed by atoms with van der Waals surface area (Å²) in [5.41, 5.74) is 0. The summed E-state index contributed by atoms with van der Waals surface area (Å²) in [5, 5.41) is 0. The van der Waals surface area contributed by atoms with Crippen molar-refractivity contribution in [2.75, 3.05) is 32.8 Å². The quantitative estimate of drug-likeness (QED) is 0.736. The molecule has 0 radical (unpaired) electrons. The van der Waals surface area contributed by atoms with Gasteiger partial charge >= 0.3 is 5.97 Å². The first-order valence-corrected chi connectivity index (χ1v) is 9.86. The molecule has 1 aromatic rings. The van der Waals surface area contributed by atoms with Crippen LogP contribution in [0.25, 0.3) is 0 Å². The number of ether oxygens (including phenoxy) is 1. The van der Waals surface area contributed by atoms with E-state index in [4.69, 9.17) is 9.15 Å². The van der Waals surface area contributed by atoms with Crippen LogP contribution in [0.5, 0.6) is 0 Å². The minimum atomic E-state index is -0.257. The number of fused-ring (bicyclic) bond motifs is 2. The van der Waals surface area contributed by atoms with Crippen molar-refractivity contribution < 1.29 is 23.5 Å². The second-order valence-electron chi connectivity index (χ2n) is 7.95. The average molecular weight is 374 g/mol. The zero-order valence-corrected chi connectivity index (χ0v) is 15.5. The van der Waals surface area contributed by atoms with Gasteiger partial charge in [-0.25, -0.2) is 0 Å². The van der Waals surface area contributed by atoms with Crippen molar-refractivity contribution in [2.45, 2.75) is 32.1 Å². The van der Waals surface area contributed by atoms with Gasteiger partial charge in [-0.2, -0.15) is 0 Å². The van der Waals surface area contributed by atoms with E-state index >= 15 is 0 Å². The summed E-state index contributed by atoms with van der Waals surface area (Å²) in [6.07, 6.45) is 6.86. The molecule has 1 aromatic heterocycles. The molecule has 1 saturated heterocycles. The Morgan fingerprint density at radius 2 is 1.85 bits per heavy atom. The Labute approximate surface area is 158 Å². The largest absolute Gasteiger partial charge is 0.459 e. The molecule has 4 rings (SSSR count). The van der Waals surface area contributed by atoms with Crippen molar-refractivity contribution in [3.63, 3.8) is 0 Å². The van der Waals surface area contributed by atoms with Crippen LogP contribution in [-0.2, 0) is 14.3 Å². The molecule has 1 aliphatic heterocycles. The number of piperazine rings is 1. The summed E-state index contributed by atoms with van der Waals surface area (Å²) in [7, 11) is 0. The number of hydrogen-bond donors (Lipinski definition) is 0. The third-order valence-corrected chi connectivity index (χ3v) is 6.32. The third-order valence-electron chi connectivity index (χ3n) is 6.32. The minimum absolute atomic E-state index is 0.163. The molecular formula is C20H26N2O5. The van der Waals surface area contributed by atoms with Crippen molar-refractivity contribution in [3.05, 3.63) is 24.2 Å². The molecule has 3 atom stereocenters. The predicted octanol–water partition coefficient (Wildman–Crippen LogP) is 1.93. The summed E-state index contributed by atoms with van der Waals surface area (Å²) >= 11 is 0. The fourth-order valence-corrected chi connectivity index (χ4v) is 4.85. The van der Waals surface area contributed by atoms with Crippen LogP contribution in [0.15, 0.2) is 22.8 Å². The topological polar surface area (TPSA) is 80.1 Å². The first-order chi connectivity index (χ1) is 13.1. The van der Waals surface area contributed by atoms with Crippen molar-refractivity contribution in [2.24, 2.45) is 17.8 Å². The molecule has 7 heteroatoms. The summed E-state index contributed by atoms with van der Waals surface area (Å²) in [6.45, 7) is 1.57. The molecule has 27 heavy (non-hydrogen) atoms. The minimum Gasteiger partial charge on any atom is -0.459 e. The number of carbonyl (C=O) groups is 3. The monoisotopic (exact) mass is 374 g/mol. The van der Waals surface area contributed by atoms with Crippen LogP contribution < -0.4 is 0 Å². The highest BCUT2D eigenvalue weighted by Crippen LogP contribution is 2.49. The number of rotatable bonds is 5. The van der Waals surface area contributed by atoms with Crippen molar-refractivity contribution in [1.29, 1.82) is 0 Å². The molecule has 0 N–H and O–H groups in total. The number of hydrogen-bond acceptors (Lipinski definition) is 5. The fourth-order valence-electron chi connectivity index (χ4n) is 4.85. The van der Waals surface area contributed by atoms with Crippen molar-refractivity contribution in [3.8, 4) is 0 Å². The maximum atomic E-state index is 12.3. The fraction of sp³-hybridized carbons (Fsp3) is 0.650. The molecule has 0 aromatic carbocycles. The van der Waals surface area contributed by atoms with E-state index in [-0.39, 0.29) is 24.4 Å². The van der Waals surface area contributed by atoms with E-state index in [1.807, 2.05) is 0 Å². The Kier molecular flexibility index (Phi) is 5.18. The van der Waals surface area contributed by atoms with Crippen LogP contribution in [0.4, 0.5) is 0 Å². The zero-order valence-electron chi connectivity index (χ0n) is 15.5. The molecule has 2 aliphatic carbocycles. The smallest absolute Gasteiger partial charge is 0.306 e. The first kappa shape index (κ1) is 18.1. The second kappa shape index (κ2) is 7.74. The van der Waals surface area contributed by atoms with Gasteiger partial charge in [0.2, 0.25) is 0 Å². The van der Waals surface area contributed by atoms with E-state index in [9.17, 15) is 14.4 Å². The molecule has 3 aliphatic rings. The Bertz CT molecular complexity index is 693. The molecule has 2 bridgehead atoms. The lowest BCUT2D eigenvalue weighted by Gasteiger charge is -2.34. The lowest BCUT2D eigenvalue weighted by molar-refractivity contribution is -0.153. The van der Waals surface area contributed by atoms with Crippen LogP contribution in [0, 0.1) is 17.8 Å². The van der Waals surface area contributed by atoms with E-state index < -0.39 is 0 Å². The number of carbonyl (C=O) groups excluding carboxylic acids is 3. The lowest BCUT2D eigenvalue weighted by atomic mass is 9.86. The van der Waals surface area contributed by atoms with Gasteiger partial charge in [0.15, 0.2) is 12.4 Å². The van der Waals surface area contributed by atoms with E-state index in [2.05, 4.69) is 0 Å². The molecule has 3 fully saturated rings. The molecule has 2 amide bonds. The summed E-state index contributed by atoms with van der Waals surface area (Å²) in [4.78, 5) is 39.9. The first-order valence-electron chi connectivity index (χ1n) is 9.86. The number of furan rings is 1. The number of amides is 2. The van der Waals surface area contributed by atoms with Crippen LogP contribution in [-0.4, -0.2) is 60.4 Å². The van der Waals surface area contributed by atoms with Crippen molar-refractivity contribution >= 4 is 17.8 Å². The van der Waals surface area contributed by atoms with Gasteiger partial charge in [-0.1, -0.05) is 6.42 Å². The van der Waals surface area contributed by atoms with Crippen LogP contribution >= 0.6 is 0 Å². The third kappa shape index (κ3) is 4.01. The highest BCUT2D eigenvalue weighted by Gasteiger charge is 2.40. The Morgan fingerprint density at radius 3 is 2.48 bits per heavy atom. The molecule has 2 saturated carbocycles. The lowest BCUT2D eigenvalue weighted by Crippen LogP contribution is -2.51. The van der Waals surface area contributed by atoms with E-state index in [1.54, 1.807) is 21.9 Å². The summed E-state index contributed by atoms with van der Waals surface area (Å²) in [5.74, 6) is 1.62. The van der Waals surface area contributed by atoms with Gasteiger partial charge in [-0.3, -0.25) is 14.4 Å². The van der Waals surface area contributed by atoms with Gasteiger partial charge in [0.05, 0.1) is 6.26 Å². The van der Waals surface area contributed by atoms with Gasteiger partial charge in [-0.05, 0) is 49.1 Å². The highest BCUT2D eigenvalue weighted by molar-refractivity contribution is 5.91. The molecule has 146 valence electrons. The normalized spacial score (nSPS) is 27.0. The van der Waals surface area contributed by atoms with Gasteiger partial charge in [-0.15, -0.1) is 0 Å². The Hall–Kier alpha value is -2.31. The molecular weight excluding hydrogens is 348 g/mol. The van der Waals surface area contributed by atoms with E-state index in [1.165, 1.54) is 25.5 Å². The Morgan fingerprint density at radius 1 is 1.07 bits per heavy atom. The predicted molar refractivity (Wildman–Crippen MR) is 95.7 cm³/mol. The summed E-state index contributed by atoms with van der Waals surface area (Å²) in [6, 6.07) is 3.31. The van der Waals surface area contributed by atoms with Gasteiger partial charge in [0.1, 0.15) is 0 Å². The SMILES string of the molecule is O=C(C[C@@H]1C[C@H]2CC[C@@H]1C2)OCC(=O)N1CCN(C(=O)c2ccco2)CC1. The van der Waals surface area contributed by atoms with Crippen LogP contribution in [0.1, 0.15) is 42.7 Å². The van der Waals surface area contributed by atoms with Gasteiger partial charge < -0.3 is 19.0 Å². The molecule has 7 nitrogen and oxygen atoms in total. The highest BCUT2D eigenvalue weighted by atomic mass is 16.5. The number of esters is 1. The van der Waals surface area contributed by atoms with E-state index in [0.717, 1.165) is 12.3 Å². The summed E-state index contributed by atoms with van der Waals surface area (Å²) < 4.78 is 10.4. The zero-order chi connectivity index (χ0) is 18.8. The second-order valence-corrected chi connectivity index (χ2v) is 7.95. The maximum Gasteiger partial charge on any atom is 0.306 e. The van der Waals surface area contributed by atoms with Crippen LogP contribution in [0.2, 0.25) is 0 Å². The number of nitrogens with zero attached hydrogens (tertiary/aromatic N) is 2. The average Bonchev–Trinajstić information content (AvgIpc) is 3.43. The van der Waals surface area contributed by atoms with Gasteiger partial charge in [0.25, 0.3) is 11.8 Å². The molecule has 2 heterocycles. The van der Waals surface area contributed by atoms with Gasteiger partial charge in [0, 0.05) is 32.6 Å². The molecule has 0 spiro atoms. The molecule has 0 unspecified atom stereocenters. The Balaban J connectivity index is 1.17. The van der Waals surface area contributed by atoms with Crippen LogP contribution in [0.3, 0.4) is 0 Å². The standard InChI is InChI=1S/C20H26N2O5/c23-18(13-27-19(24)12-16-11-14-3-4-15(16)10-14)21-5-7-22(8-6-21)20(25)17-2-1-9-26-17/h1-2,9,14-16H,3-8,10-13H2/t14-,15+,16-/m0/s1. The van der Waals surface area contributed by atoms with Crippen molar-refractivity contribution in [1.82, 2.24) is 9.80 Å².